The summed E-state index contributed by atoms with van der Waals surface area (Å²) in [7, 11) is 0. The number of alkyl halides is 2. The molecular weight excluding hydrogens is 295 g/mol. The average molecular weight is 301 g/mol. The minimum absolute atomic E-state index is 0.247. The third kappa shape index (κ3) is 2.05. The number of aromatic amines is 1. The lowest BCUT2D eigenvalue weighted by Gasteiger charge is -2.06. The summed E-state index contributed by atoms with van der Waals surface area (Å²) in [6, 6.07) is 0. The topological polar surface area (TPSA) is 53.1 Å². The molecular formula is C7H6F2INO2. The van der Waals surface area contributed by atoms with Crippen LogP contribution in [-0.2, 0) is 6.61 Å². The van der Waals surface area contributed by atoms with Crippen LogP contribution < -0.4 is 5.56 Å². The number of H-pyrrole nitrogens is 1. The van der Waals surface area contributed by atoms with Gasteiger partial charge in [-0.2, -0.15) is 0 Å². The zero-order valence-corrected chi connectivity index (χ0v) is 8.51. The molecule has 3 nitrogen and oxygen atoms in total. The fraction of sp³-hybridized carbons (Fsp3) is 0.286. The van der Waals surface area contributed by atoms with Gasteiger partial charge in [0.1, 0.15) is 0 Å². The molecule has 0 aliphatic carbocycles. The summed E-state index contributed by atoms with van der Waals surface area (Å²) >= 11 is 1.68. The van der Waals surface area contributed by atoms with E-state index in [-0.39, 0.29) is 14.7 Å². The molecule has 0 saturated heterocycles. The van der Waals surface area contributed by atoms with Gasteiger partial charge in [-0.15, -0.1) is 0 Å². The summed E-state index contributed by atoms with van der Waals surface area (Å²) in [6.45, 7) is -0.675. The molecule has 13 heavy (non-hydrogen) atoms. The van der Waals surface area contributed by atoms with Crippen LogP contribution in [0, 0.1) is 3.57 Å². The molecule has 0 atom stereocenters. The number of rotatable bonds is 2. The van der Waals surface area contributed by atoms with Gasteiger partial charge in [0, 0.05) is 15.3 Å². The van der Waals surface area contributed by atoms with Crippen molar-refractivity contribution >= 4 is 22.6 Å². The molecule has 1 rings (SSSR count). The summed E-state index contributed by atoms with van der Waals surface area (Å²) in [5, 5.41) is 8.72. The van der Waals surface area contributed by atoms with Crippen molar-refractivity contribution in [1.29, 1.82) is 0 Å². The monoisotopic (exact) mass is 301 g/mol. The zero-order valence-electron chi connectivity index (χ0n) is 6.35. The minimum Gasteiger partial charge on any atom is -0.391 e. The Hall–Kier alpha value is -0.500. The SMILES string of the molecule is O=c1[nH]cc(I)c(C(F)F)c1CO. The average Bonchev–Trinajstić information content (AvgIpc) is 2.07. The Balaban J connectivity index is 3.44. The Morgan fingerprint density at radius 3 is 2.62 bits per heavy atom. The van der Waals surface area contributed by atoms with Gasteiger partial charge in [-0.25, -0.2) is 8.78 Å². The molecule has 0 amide bonds. The predicted octanol–water partition coefficient (Wildman–Crippen LogP) is 1.41. The summed E-state index contributed by atoms with van der Waals surface area (Å²) in [6.07, 6.45) is -1.54. The van der Waals surface area contributed by atoms with E-state index in [2.05, 4.69) is 4.98 Å². The molecule has 0 unspecified atom stereocenters. The Morgan fingerprint density at radius 1 is 1.62 bits per heavy atom. The number of nitrogens with one attached hydrogen (secondary N) is 1. The van der Waals surface area contributed by atoms with E-state index in [9.17, 15) is 13.6 Å². The first-order chi connectivity index (χ1) is 6.07. The highest BCUT2D eigenvalue weighted by atomic mass is 127. The molecule has 1 aromatic heterocycles. The quantitative estimate of drug-likeness (QED) is 0.812. The summed E-state index contributed by atoms with van der Waals surface area (Å²) in [5.74, 6) is 0. The van der Waals surface area contributed by atoms with Crippen LogP contribution in [0.25, 0.3) is 0 Å². The molecule has 0 aliphatic heterocycles. The van der Waals surface area contributed by atoms with Crippen LogP contribution >= 0.6 is 22.6 Å². The van der Waals surface area contributed by atoms with Crippen molar-refractivity contribution in [3.63, 3.8) is 0 Å². The number of aliphatic hydroxyl groups is 1. The molecule has 2 N–H and O–H groups in total. The second-order valence-corrected chi connectivity index (χ2v) is 3.48. The number of pyridine rings is 1. The van der Waals surface area contributed by atoms with Crippen LogP contribution in [0.3, 0.4) is 0 Å². The lowest BCUT2D eigenvalue weighted by molar-refractivity contribution is 0.145. The summed E-state index contributed by atoms with van der Waals surface area (Å²) in [5.41, 5.74) is -1.31. The summed E-state index contributed by atoms with van der Waals surface area (Å²) in [4.78, 5) is 13.2. The van der Waals surface area contributed by atoms with Crippen molar-refractivity contribution < 1.29 is 13.9 Å². The van der Waals surface area contributed by atoms with Gasteiger partial charge < -0.3 is 10.1 Å². The van der Waals surface area contributed by atoms with E-state index in [1.54, 1.807) is 22.6 Å². The Labute approximate surface area is 85.9 Å². The molecule has 1 heterocycles. The first kappa shape index (κ1) is 10.6. The minimum atomic E-state index is -2.74. The second kappa shape index (κ2) is 4.14. The van der Waals surface area contributed by atoms with Gasteiger partial charge in [-0.05, 0) is 22.6 Å². The van der Waals surface area contributed by atoms with Crippen LogP contribution in [-0.4, -0.2) is 10.1 Å². The largest absolute Gasteiger partial charge is 0.391 e. The van der Waals surface area contributed by atoms with Crippen molar-refractivity contribution in [3.05, 3.63) is 31.2 Å². The maximum atomic E-state index is 12.4. The number of hydrogen-bond acceptors (Lipinski definition) is 2. The Bertz CT molecular complexity index is 364. The van der Waals surface area contributed by atoms with Crippen molar-refractivity contribution in [1.82, 2.24) is 4.98 Å². The molecule has 1 aromatic rings. The van der Waals surface area contributed by atoms with Gasteiger partial charge >= 0.3 is 0 Å². The molecule has 0 bridgehead atoms. The van der Waals surface area contributed by atoms with E-state index >= 15 is 0 Å². The van der Waals surface area contributed by atoms with Crippen LogP contribution in [0.1, 0.15) is 17.6 Å². The zero-order chi connectivity index (χ0) is 10.0. The number of aliphatic hydroxyl groups excluding tert-OH is 1. The van der Waals surface area contributed by atoms with Crippen molar-refractivity contribution in [3.8, 4) is 0 Å². The van der Waals surface area contributed by atoms with Gasteiger partial charge in [0.15, 0.2) is 0 Å². The lowest BCUT2D eigenvalue weighted by Crippen LogP contribution is -2.16. The fourth-order valence-electron chi connectivity index (χ4n) is 0.953. The highest BCUT2D eigenvalue weighted by Crippen LogP contribution is 2.25. The van der Waals surface area contributed by atoms with Crippen molar-refractivity contribution in [2.24, 2.45) is 0 Å². The van der Waals surface area contributed by atoms with Gasteiger partial charge in [0.25, 0.3) is 12.0 Å². The van der Waals surface area contributed by atoms with Crippen LogP contribution in [0.5, 0.6) is 0 Å². The van der Waals surface area contributed by atoms with Crippen LogP contribution in [0.15, 0.2) is 11.0 Å². The Morgan fingerprint density at radius 2 is 2.23 bits per heavy atom. The first-order valence-corrected chi connectivity index (χ1v) is 4.44. The third-order valence-electron chi connectivity index (χ3n) is 1.56. The number of aromatic nitrogens is 1. The number of halogens is 3. The van der Waals surface area contributed by atoms with Crippen LogP contribution in [0.2, 0.25) is 0 Å². The number of hydrogen-bond donors (Lipinski definition) is 2. The molecule has 72 valence electrons. The van der Waals surface area contributed by atoms with Gasteiger partial charge in [0.05, 0.1) is 12.2 Å². The van der Waals surface area contributed by atoms with Gasteiger partial charge in [-0.3, -0.25) is 4.79 Å². The molecule has 0 fully saturated rings. The molecule has 0 spiro atoms. The second-order valence-electron chi connectivity index (χ2n) is 2.32. The molecule has 0 radical (unpaired) electrons. The van der Waals surface area contributed by atoms with E-state index < -0.39 is 18.6 Å². The normalized spacial score (nSPS) is 10.8. The summed E-state index contributed by atoms with van der Waals surface area (Å²) < 4.78 is 25.0. The highest BCUT2D eigenvalue weighted by Gasteiger charge is 2.18. The van der Waals surface area contributed by atoms with E-state index in [0.717, 1.165) is 0 Å². The van der Waals surface area contributed by atoms with E-state index in [1.165, 1.54) is 6.20 Å². The maximum Gasteiger partial charge on any atom is 0.265 e. The first-order valence-electron chi connectivity index (χ1n) is 3.37. The Kier molecular flexibility index (Phi) is 3.37. The van der Waals surface area contributed by atoms with E-state index in [0.29, 0.717) is 0 Å². The fourth-order valence-corrected chi connectivity index (χ4v) is 1.67. The van der Waals surface area contributed by atoms with Crippen molar-refractivity contribution in [2.45, 2.75) is 13.0 Å². The van der Waals surface area contributed by atoms with E-state index in [4.69, 9.17) is 5.11 Å². The lowest BCUT2D eigenvalue weighted by atomic mass is 10.1. The van der Waals surface area contributed by atoms with Gasteiger partial charge in [0.2, 0.25) is 0 Å². The van der Waals surface area contributed by atoms with Crippen molar-refractivity contribution in [2.75, 3.05) is 0 Å². The predicted molar refractivity (Wildman–Crippen MR) is 50.7 cm³/mol. The molecule has 0 aliphatic rings. The van der Waals surface area contributed by atoms with Gasteiger partial charge in [-0.1, -0.05) is 0 Å². The smallest absolute Gasteiger partial charge is 0.265 e. The molecule has 0 saturated carbocycles. The van der Waals surface area contributed by atoms with E-state index in [1.807, 2.05) is 0 Å². The molecule has 6 heteroatoms. The highest BCUT2D eigenvalue weighted by molar-refractivity contribution is 14.1. The molecule has 0 aromatic carbocycles. The standard InChI is InChI=1S/C7H6F2INO2/c8-6(9)5-3(2-12)7(13)11-1-4(5)10/h1,6,12H,2H2,(H,11,13). The maximum absolute atomic E-state index is 12.4. The third-order valence-corrected chi connectivity index (χ3v) is 2.46. The van der Waals surface area contributed by atoms with Crippen LogP contribution in [0.4, 0.5) is 8.78 Å².